The van der Waals surface area contributed by atoms with Gasteiger partial charge in [0, 0.05) is 12.1 Å². The van der Waals surface area contributed by atoms with Crippen LogP contribution in [0.25, 0.3) is 0 Å². The van der Waals surface area contributed by atoms with E-state index in [9.17, 15) is 0 Å². The number of nitrogens with two attached hydrogens (primary N) is 1. The lowest BCUT2D eigenvalue weighted by molar-refractivity contribution is 0.270. The van der Waals surface area contributed by atoms with E-state index in [1.807, 2.05) is 24.3 Å². The molecule has 2 aromatic rings. The van der Waals surface area contributed by atoms with Crippen molar-refractivity contribution >= 4 is 11.6 Å². The normalized spacial score (nSPS) is 10.4. The quantitative estimate of drug-likeness (QED) is 0.889. The zero-order chi connectivity index (χ0) is 11.4. The molecular weight excluding hydrogens is 226 g/mol. The van der Waals surface area contributed by atoms with Gasteiger partial charge in [0.2, 0.25) is 0 Å². The van der Waals surface area contributed by atoms with Gasteiger partial charge >= 0.3 is 0 Å². The molecule has 0 aliphatic rings. The van der Waals surface area contributed by atoms with E-state index in [-0.39, 0.29) is 0 Å². The Balaban J connectivity index is 1.99. The topological polar surface area (TPSA) is 48.4 Å². The van der Waals surface area contributed by atoms with Gasteiger partial charge in [-0.1, -0.05) is 23.7 Å². The highest BCUT2D eigenvalue weighted by Crippen LogP contribution is 2.24. The molecule has 0 fully saturated rings. The minimum absolute atomic E-state index is 0.351. The Hall–Kier alpha value is -1.45. The van der Waals surface area contributed by atoms with Crippen molar-refractivity contribution in [2.45, 2.75) is 13.2 Å². The van der Waals surface area contributed by atoms with E-state index in [1.165, 1.54) is 0 Å². The minimum Gasteiger partial charge on any atom is -0.484 e. The first kappa shape index (κ1) is 11.0. The summed E-state index contributed by atoms with van der Waals surface area (Å²) >= 11 is 5.95. The summed E-state index contributed by atoms with van der Waals surface area (Å²) in [6, 6.07) is 9.19. The molecule has 16 heavy (non-hydrogen) atoms. The molecule has 0 saturated heterocycles. The molecule has 0 amide bonds. The maximum absolute atomic E-state index is 5.95. The first-order chi connectivity index (χ1) is 7.79. The second kappa shape index (κ2) is 5.05. The average Bonchev–Trinajstić information content (AvgIpc) is 2.76. The van der Waals surface area contributed by atoms with Crippen molar-refractivity contribution in [3.63, 3.8) is 0 Å². The summed E-state index contributed by atoms with van der Waals surface area (Å²) in [4.78, 5) is 0. The fraction of sp³-hybridized carbons (Fsp3) is 0.167. The predicted octanol–water partition coefficient (Wildman–Crippen LogP) is 2.97. The highest BCUT2D eigenvalue weighted by Gasteiger charge is 2.03. The first-order valence-electron chi connectivity index (χ1n) is 4.93. The van der Waals surface area contributed by atoms with E-state index in [2.05, 4.69) is 0 Å². The standard InChI is InChI=1S/C12H12ClNO2/c13-11-3-1-2-4-12(11)16-8-10-5-9(6-14)7-15-10/h1-5,7H,6,8,14H2. The van der Waals surface area contributed by atoms with Crippen molar-refractivity contribution in [1.82, 2.24) is 0 Å². The van der Waals surface area contributed by atoms with E-state index in [0.717, 1.165) is 11.3 Å². The van der Waals surface area contributed by atoms with Gasteiger partial charge < -0.3 is 14.9 Å². The third-order valence-electron chi connectivity index (χ3n) is 2.15. The lowest BCUT2D eigenvalue weighted by Gasteiger charge is -2.05. The number of hydrogen-bond donors (Lipinski definition) is 1. The maximum Gasteiger partial charge on any atom is 0.146 e. The summed E-state index contributed by atoms with van der Waals surface area (Å²) in [5, 5.41) is 0.591. The molecule has 0 radical (unpaired) electrons. The number of furan rings is 1. The van der Waals surface area contributed by atoms with E-state index >= 15 is 0 Å². The molecule has 1 heterocycles. The van der Waals surface area contributed by atoms with Crippen LogP contribution in [-0.4, -0.2) is 0 Å². The molecule has 84 valence electrons. The van der Waals surface area contributed by atoms with Gasteiger partial charge in [0.1, 0.15) is 18.1 Å². The second-order valence-electron chi connectivity index (χ2n) is 3.34. The number of para-hydroxylation sites is 1. The van der Waals surface area contributed by atoms with Crippen molar-refractivity contribution < 1.29 is 9.15 Å². The molecule has 0 spiro atoms. The van der Waals surface area contributed by atoms with Crippen LogP contribution in [0.1, 0.15) is 11.3 Å². The van der Waals surface area contributed by atoms with Crippen LogP contribution in [0.5, 0.6) is 5.75 Å². The summed E-state index contributed by atoms with van der Waals surface area (Å²) in [6.45, 7) is 0.819. The largest absolute Gasteiger partial charge is 0.484 e. The van der Waals surface area contributed by atoms with Crippen molar-refractivity contribution in [3.8, 4) is 5.75 Å². The second-order valence-corrected chi connectivity index (χ2v) is 3.75. The maximum atomic E-state index is 5.95. The van der Waals surface area contributed by atoms with Gasteiger partial charge in [-0.2, -0.15) is 0 Å². The number of rotatable bonds is 4. The third kappa shape index (κ3) is 2.56. The third-order valence-corrected chi connectivity index (χ3v) is 2.46. The molecule has 0 aliphatic heterocycles. The molecule has 1 aromatic carbocycles. The van der Waals surface area contributed by atoms with Crippen molar-refractivity contribution in [2.75, 3.05) is 0 Å². The number of halogens is 1. The van der Waals surface area contributed by atoms with Gasteiger partial charge in [-0.3, -0.25) is 0 Å². The summed E-state index contributed by atoms with van der Waals surface area (Å²) in [5.41, 5.74) is 6.43. The summed E-state index contributed by atoms with van der Waals surface area (Å²) in [7, 11) is 0. The van der Waals surface area contributed by atoms with Crippen LogP contribution in [0.15, 0.2) is 41.0 Å². The molecule has 2 rings (SSSR count). The van der Waals surface area contributed by atoms with Crippen molar-refractivity contribution in [3.05, 3.63) is 52.9 Å². The molecule has 0 saturated carbocycles. The average molecular weight is 238 g/mol. The van der Waals surface area contributed by atoms with Crippen LogP contribution in [0.3, 0.4) is 0 Å². The van der Waals surface area contributed by atoms with Crippen LogP contribution in [0.2, 0.25) is 5.02 Å². The van der Waals surface area contributed by atoms with Crippen LogP contribution in [0.4, 0.5) is 0 Å². The Kier molecular flexibility index (Phi) is 3.49. The van der Waals surface area contributed by atoms with Crippen LogP contribution in [-0.2, 0) is 13.2 Å². The van der Waals surface area contributed by atoms with E-state index < -0.39 is 0 Å². The van der Waals surface area contributed by atoms with Gasteiger partial charge in [-0.05, 0) is 18.2 Å². The fourth-order valence-electron chi connectivity index (χ4n) is 1.32. The molecule has 1 aromatic heterocycles. The highest BCUT2D eigenvalue weighted by atomic mass is 35.5. The number of hydrogen-bond acceptors (Lipinski definition) is 3. The Bertz CT molecular complexity index is 468. The van der Waals surface area contributed by atoms with Gasteiger partial charge in [-0.15, -0.1) is 0 Å². The van der Waals surface area contributed by atoms with Crippen LogP contribution in [0, 0.1) is 0 Å². The van der Waals surface area contributed by atoms with Crippen LogP contribution < -0.4 is 10.5 Å². The molecule has 0 unspecified atom stereocenters. The lowest BCUT2D eigenvalue weighted by atomic mass is 10.3. The molecule has 0 aliphatic carbocycles. The van der Waals surface area contributed by atoms with Gasteiger partial charge in [0.25, 0.3) is 0 Å². The van der Waals surface area contributed by atoms with E-state index in [0.29, 0.717) is 23.9 Å². The number of ether oxygens (including phenoxy) is 1. The van der Waals surface area contributed by atoms with E-state index in [1.54, 1.807) is 12.3 Å². The Labute approximate surface area is 98.8 Å². The fourth-order valence-corrected chi connectivity index (χ4v) is 1.51. The van der Waals surface area contributed by atoms with Gasteiger partial charge in [0.05, 0.1) is 11.3 Å². The zero-order valence-corrected chi connectivity index (χ0v) is 9.41. The van der Waals surface area contributed by atoms with Crippen LogP contribution >= 0.6 is 11.6 Å². The summed E-state index contributed by atoms with van der Waals surface area (Å²) in [6.07, 6.45) is 1.63. The summed E-state index contributed by atoms with van der Waals surface area (Å²) in [5.74, 6) is 1.38. The summed E-state index contributed by atoms with van der Waals surface area (Å²) < 4.78 is 10.8. The first-order valence-corrected chi connectivity index (χ1v) is 5.31. The highest BCUT2D eigenvalue weighted by molar-refractivity contribution is 6.32. The SMILES string of the molecule is NCc1coc(COc2ccccc2Cl)c1. The van der Waals surface area contributed by atoms with Gasteiger partial charge in [-0.25, -0.2) is 0 Å². The molecule has 3 nitrogen and oxygen atoms in total. The zero-order valence-electron chi connectivity index (χ0n) is 8.65. The predicted molar refractivity (Wildman–Crippen MR) is 62.4 cm³/mol. The van der Waals surface area contributed by atoms with Crippen molar-refractivity contribution in [2.24, 2.45) is 5.73 Å². The smallest absolute Gasteiger partial charge is 0.146 e. The molecular formula is C12H12ClNO2. The molecule has 0 bridgehead atoms. The number of benzene rings is 1. The molecule has 0 atom stereocenters. The molecule has 4 heteroatoms. The monoisotopic (exact) mass is 237 g/mol. The molecule has 2 N–H and O–H groups in total. The Morgan fingerprint density at radius 2 is 2.12 bits per heavy atom. The Morgan fingerprint density at radius 3 is 2.81 bits per heavy atom. The Morgan fingerprint density at radius 1 is 1.31 bits per heavy atom. The minimum atomic E-state index is 0.351. The van der Waals surface area contributed by atoms with Crippen molar-refractivity contribution in [1.29, 1.82) is 0 Å². The van der Waals surface area contributed by atoms with Gasteiger partial charge in [0.15, 0.2) is 0 Å². The van der Waals surface area contributed by atoms with E-state index in [4.69, 9.17) is 26.5 Å². The lowest BCUT2D eigenvalue weighted by Crippen LogP contribution is -1.95.